The summed E-state index contributed by atoms with van der Waals surface area (Å²) < 4.78 is 31.5. The van der Waals surface area contributed by atoms with Gasteiger partial charge in [-0.05, 0) is 187 Å². The fraction of sp³-hybridized carbons (Fsp3) is 0.263. The fourth-order valence-electron chi connectivity index (χ4n) is 14.2. The molecule has 480 valence electrons. The number of amides is 2. The maximum atomic E-state index is 13.6. The third-order valence-electron chi connectivity index (χ3n) is 18.1. The third-order valence-corrected chi connectivity index (χ3v) is 29.2. The van der Waals surface area contributed by atoms with Crippen molar-refractivity contribution in [1.82, 2.24) is 0 Å². The van der Waals surface area contributed by atoms with Gasteiger partial charge in [-0.3, -0.25) is 29.8 Å². The first-order valence-electron chi connectivity index (χ1n) is 31.0. The Balaban J connectivity index is 1.27. The van der Waals surface area contributed by atoms with Gasteiger partial charge in [-0.25, -0.2) is 0 Å². The van der Waals surface area contributed by atoms with Crippen LogP contribution in [0.4, 0.5) is 11.4 Å². The molecule has 0 heterocycles. The van der Waals surface area contributed by atoms with E-state index in [9.17, 15) is 29.8 Å². The Morgan fingerprint density at radius 2 is 0.742 bits per heavy atom. The molecule has 93 heavy (non-hydrogen) atoms. The molecule has 0 saturated carbocycles. The zero-order valence-electron chi connectivity index (χ0n) is 54.8. The molecule has 0 aromatic heterocycles. The van der Waals surface area contributed by atoms with E-state index < -0.39 is 72.4 Å². The third kappa shape index (κ3) is 13.9. The lowest BCUT2D eigenvalue weighted by atomic mass is 9.81. The molecule has 0 unspecified atom stereocenters. The van der Waals surface area contributed by atoms with E-state index in [1.54, 1.807) is 24.3 Å². The molecule has 0 fully saturated rings. The highest BCUT2D eigenvalue weighted by Gasteiger charge is 2.53. The Labute approximate surface area is 561 Å². The van der Waals surface area contributed by atoms with Gasteiger partial charge in [-0.2, -0.15) is 0 Å². The number of aryl methyl sites for hydroxylation is 4. The van der Waals surface area contributed by atoms with Crippen molar-refractivity contribution in [3.05, 3.63) is 291 Å². The van der Waals surface area contributed by atoms with Crippen molar-refractivity contribution >= 4 is 83.2 Å². The lowest BCUT2D eigenvalue weighted by Crippen LogP contribution is -2.67. The molecule has 0 radical (unpaired) electrons. The Morgan fingerprint density at radius 1 is 0.452 bits per heavy atom. The van der Waals surface area contributed by atoms with Crippen LogP contribution in [0.15, 0.2) is 200 Å². The Hall–Kier alpha value is -8.60. The highest BCUT2D eigenvalue weighted by molar-refractivity contribution is 14.1. The number of rotatable bonds is 24. The first-order valence-corrected chi connectivity index (χ1v) is 35.9. The molecule has 0 aliphatic carbocycles. The largest absolute Gasteiger partial charge is 0.484 e. The highest BCUT2D eigenvalue weighted by Crippen LogP contribution is 2.48. The predicted octanol–water partition coefficient (Wildman–Crippen LogP) is 15.1. The number of halogens is 1. The molecule has 9 aromatic rings. The Morgan fingerprint density at radius 3 is 1.00 bits per heavy atom. The molecule has 17 heteroatoms. The van der Waals surface area contributed by atoms with Gasteiger partial charge in [-0.1, -0.05) is 181 Å². The molecule has 14 nitrogen and oxygen atoms in total. The molecule has 4 N–H and O–H groups in total. The van der Waals surface area contributed by atoms with E-state index in [0.29, 0.717) is 59.6 Å². The van der Waals surface area contributed by atoms with E-state index in [0.717, 1.165) is 43.0 Å². The summed E-state index contributed by atoms with van der Waals surface area (Å²) >= 11 is 2.23. The van der Waals surface area contributed by atoms with Crippen molar-refractivity contribution in [3.8, 4) is 11.5 Å². The topological polar surface area (TPSA) is 209 Å². The van der Waals surface area contributed by atoms with Gasteiger partial charge in [-0.15, -0.1) is 0 Å². The zero-order chi connectivity index (χ0) is 67.3. The van der Waals surface area contributed by atoms with Crippen LogP contribution in [0.3, 0.4) is 0 Å². The first kappa shape index (κ1) is 68.8. The van der Waals surface area contributed by atoms with Gasteiger partial charge in [0.2, 0.25) is 11.8 Å². The number of primary amides is 2. The fourth-order valence-corrected chi connectivity index (χ4v) is 24.0. The maximum absolute atomic E-state index is 13.6. The summed E-state index contributed by atoms with van der Waals surface area (Å²) in [5.41, 5.74) is 20.1. The van der Waals surface area contributed by atoms with Gasteiger partial charge >= 0.3 is 0 Å². The lowest BCUT2D eigenvalue weighted by molar-refractivity contribution is -0.385. The van der Waals surface area contributed by atoms with Crippen LogP contribution in [0.1, 0.15) is 142 Å². The van der Waals surface area contributed by atoms with Gasteiger partial charge in [0.25, 0.3) is 28.0 Å². The molecule has 0 saturated heterocycles. The van der Waals surface area contributed by atoms with Crippen LogP contribution in [0.2, 0.25) is 10.1 Å². The van der Waals surface area contributed by atoms with Crippen molar-refractivity contribution < 1.29 is 37.8 Å². The Bertz CT molecular complexity index is 3840. The highest BCUT2D eigenvalue weighted by atomic mass is 127. The molecule has 0 spiro atoms. The number of non-ortho nitro benzene ring substituents is 2. The number of carbonyl (C=O) groups is 2. The summed E-state index contributed by atoms with van der Waals surface area (Å²) in [5.74, 6) is -1.88. The maximum Gasteiger partial charge on any atom is 0.269 e. The van der Waals surface area contributed by atoms with Crippen LogP contribution >= 0.6 is 22.6 Å². The van der Waals surface area contributed by atoms with Crippen molar-refractivity contribution in [2.45, 2.75) is 117 Å². The van der Waals surface area contributed by atoms with Crippen molar-refractivity contribution in [2.75, 3.05) is 13.2 Å². The van der Waals surface area contributed by atoms with Crippen LogP contribution in [0.25, 0.3) is 0 Å². The number of nitrogens with zero attached hydrogens (tertiary/aromatic N) is 2. The van der Waals surface area contributed by atoms with Crippen LogP contribution < -0.4 is 41.7 Å². The minimum Gasteiger partial charge on any atom is -0.484 e. The summed E-state index contributed by atoms with van der Waals surface area (Å²) in [6.45, 7) is 24.8. The summed E-state index contributed by atoms with van der Waals surface area (Å²) in [7, 11) is -6.65. The number of ether oxygens (including phenoxy) is 2. The predicted molar refractivity (Wildman–Crippen MR) is 383 cm³/mol. The van der Waals surface area contributed by atoms with Gasteiger partial charge in [0.05, 0.1) is 13.4 Å². The normalized spacial score (nSPS) is 13.3. The van der Waals surface area contributed by atoms with Crippen LogP contribution in [0, 0.1) is 65.3 Å². The lowest BCUT2D eigenvalue weighted by Gasteiger charge is -2.44. The van der Waals surface area contributed by atoms with Crippen molar-refractivity contribution in [2.24, 2.45) is 11.5 Å². The van der Waals surface area contributed by atoms with Crippen LogP contribution in [-0.4, -0.2) is 51.5 Å². The van der Waals surface area contributed by atoms with E-state index in [1.165, 1.54) is 24.3 Å². The molecule has 9 aromatic carbocycles. The monoisotopic (exact) mass is 1390 g/mol. The van der Waals surface area contributed by atoms with Gasteiger partial charge in [0.1, 0.15) is 23.7 Å². The van der Waals surface area contributed by atoms with E-state index in [-0.39, 0.29) is 24.6 Å². The van der Waals surface area contributed by atoms with Crippen LogP contribution in [0.5, 0.6) is 11.5 Å². The second kappa shape index (κ2) is 28.3. The van der Waals surface area contributed by atoms with Gasteiger partial charge < -0.3 is 29.8 Å². The van der Waals surface area contributed by atoms with Crippen LogP contribution in [-0.2, 0) is 8.85 Å². The first-order chi connectivity index (χ1) is 44.1. The average Bonchev–Trinajstić information content (AvgIpc) is 0.760. The molecular formula is C76H81IN4O10Si2. The molecule has 4 atom stereocenters. The van der Waals surface area contributed by atoms with Gasteiger partial charge in [0.15, 0.2) is 0 Å². The van der Waals surface area contributed by atoms with Gasteiger partial charge in [0, 0.05) is 60.4 Å². The summed E-state index contributed by atoms with van der Waals surface area (Å²) in [6.07, 6.45) is -1.95. The minimum atomic E-state index is -3.33. The molecule has 0 aliphatic rings. The quantitative estimate of drug-likeness (QED) is 0.0253. The zero-order valence-corrected chi connectivity index (χ0v) is 58.9. The number of hydrogen-bond acceptors (Lipinski definition) is 10. The second-order valence-corrected chi connectivity index (χ2v) is 35.8. The molecular weight excluding hydrogens is 1310 g/mol. The molecule has 2 amide bonds. The summed E-state index contributed by atoms with van der Waals surface area (Å²) in [5, 5.41) is 28.1. The van der Waals surface area contributed by atoms with E-state index in [1.807, 2.05) is 145 Å². The SMILES string of the molecule is Cc1cc(C)c([C@@H](CO[Si](c2ccccc2)(c2ccccc2)C(C)(C)C)[C@@H](Oc2cccc(O[C@@H](c3ccc([N+](=O)[O-])cc3)[C@H](CO[Si](c3ccccc3)(c3ccccc3)C(C)(C)C)c3c(C)cc(C)c(C(N)=O)c3C)c2I)c2ccc([N+](=O)[O-])cc2)c(C)c1C(N)=O. The second-order valence-electron chi connectivity index (χ2n) is 26.1. The Kier molecular flexibility index (Phi) is 20.9. The van der Waals surface area contributed by atoms with Crippen molar-refractivity contribution in [3.63, 3.8) is 0 Å². The van der Waals surface area contributed by atoms with Crippen molar-refractivity contribution in [1.29, 1.82) is 0 Å². The number of benzene rings is 9. The molecule has 0 bridgehead atoms. The summed E-state index contributed by atoms with van der Waals surface area (Å²) in [4.78, 5) is 51.2. The average molecular weight is 1390 g/mol. The number of nitrogens with two attached hydrogens (primary N) is 2. The smallest absolute Gasteiger partial charge is 0.269 e. The van der Waals surface area contributed by atoms with E-state index >= 15 is 0 Å². The number of nitro benzene ring substituents is 2. The molecule has 9 rings (SSSR count). The standard InChI is InChI=1S/C76H81IN4O10Si2/c1-48-44-50(3)68(73(78)82)52(5)66(48)62(46-88-92(75(7,8)9,58-26-17-13-18-27-58)59-28-19-14-20-29-59)71(54-36-40-56(41-37-54)80(84)85)90-64-34-25-35-65(70(64)77)91-72(55-38-42-57(43-39-55)81(86)87)63(67-49(2)45-51(4)69(53(67)6)74(79)83)47-89-93(76(10,11)12,60-30-21-15-22-31-60)61-32-23-16-24-33-61/h13-45,62-63,71-72H,46-47H2,1-12H3,(H2,78,82)(H2,79,83)/t62-,63-,71+,72+/m1/s1. The number of carbonyl (C=O) groups excluding carboxylic acids is 2. The number of hydrogen-bond donors (Lipinski definition) is 2. The molecule has 0 aliphatic heterocycles. The van der Waals surface area contributed by atoms with E-state index in [4.69, 9.17) is 29.8 Å². The number of nitro groups is 2. The minimum absolute atomic E-state index is 0.0441. The summed E-state index contributed by atoms with van der Waals surface area (Å²) in [6, 6.07) is 63.3. The van der Waals surface area contributed by atoms with E-state index in [2.05, 4.69) is 113 Å².